The van der Waals surface area contributed by atoms with E-state index in [4.69, 9.17) is 11.6 Å². The van der Waals surface area contributed by atoms with Crippen LogP contribution in [0.2, 0.25) is 0 Å². The molecule has 1 amide bonds. The van der Waals surface area contributed by atoms with Crippen molar-refractivity contribution in [3.8, 4) is 0 Å². The molecule has 0 aromatic heterocycles. The van der Waals surface area contributed by atoms with Gasteiger partial charge in [-0.2, -0.15) is 0 Å². The standard InChI is InChI=1S/C13H24ClNO/c1-11(12-7-3-2-4-8-12)15-13(16)9-5-6-10-14/h11-12H,2-10H2,1H3,(H,15,16)/t11-/m1/s1. The van der Waals surface area contributed by atoms with Crippen molar-refractivity contribution in [1.29, 1.82) is 0 Å². The topological polar surface area (TPSA) is 29.1 Å². The Morgan fingerprint density at radius 1 is 1.31 bits per heavy atom. The van der Waals surface area contributed by atoms with Gasteiger partial charge in [-0.25, -0.2) is 0 Å². The smallest absolute Gasteiger partial charge is 0.220 e. The summed E-state index contributed by atoms with van der Waals surface area (Å²) in [4.78, 5) is 11.6. The zero-order valence-corrected chi connectivity index (χ0v) is 11.1. The van der Waals surface area contributed by atoms with Gasteiger partial charge >= 0.3 is 0 Å². The van der Waals surface area contributed by atoms with E-state index in [2.05, 4.69) is 12.2 Å². The van der Waals surface area contributed by atoms with Crippen LogP contribution in [0.5, 0.6) is 0 Å². The van der Waals surface area contributed by atoms with Crippen LogP contribution in [0.25, 0.3) is 0 Å². The van der Waals surface area contributed by atoms with Crippen LogP contribution in [-0.4, -0.2) is 17.8 Å². The van der Waals surface area contributed by atoms with E-state index in [-0.39, 0.29) is 5.91 Å². The van der Waals surface area contributed by atoms with E-state index in [9.17, 15) is 4.79 Å². The van der Waals surface area contributed by atoms with Crippen molar-refractivity contribution in [2.45, 2.75) is 64.3 Å². The van der Waals surface area contributed by atoms with Crippen LogP contribution in [0, 0.1) is 5.92 Å². The Hall–Kier alpha value is -0.240. The molecule has 3 heteroatoms. The largest absolute Gasteiger partial charge is 0.353 e. The Bertz CT molecular complexity index is 202. The first-order chi connectivity index (χ1) is 7.74. The van der Waals surface area contributed by atoms with E-state index in [1.807, 2.05) is 0 Å². The maximum atomic E-state index is 11.6. The molecule has 0 unspecified atom stereocenters. The number of hydrogen-bond donors (Lipinski definition) is 1. The molecule has 1 atom stereocenters. The third-order valence-corrected chi connectivity index (χ3v) is 3.80. The van der Waals surface area contributed by atoms with Crippen LogP contribution in [0.15, 0.2) is 0 Å². The Morgan fingerprint density at radius 3 is 2.62 bits per heavy atom. The summed E-state index contributed by atoms with van der Waals surface area (Å²) in [5, 5.41) is 3.13. The van der Waals surface area contributed by atoms with Gasteiger partial charge in [0.1, 0.15) is 0 Å². The zero-order valence-electron chi connectivity index (χ0n) is 10.3. The second kappa shape index (κ2) is 7.94. The molecule has 2 nitrogen and oxygen atoms in total. The van der Waals surface area contributed by atoms with Gasteiger partial charge in [0, 0.05) is 18.3 Å². The molecule has 0 heterocycles. The average molecular weight is 246 g/mol. The Labute approximate surface area is 104 Å². The van der Waals surface area contributed by atoms with Gasteiger partial charge in [-0.15, -0.1) is 11.6 Å². The van der Waals surface area contributed by atoms with Crippen molar-refractivity contribution in [3.05, 3.63) is 0 Å². The summed E-state index contributed by atoms with van der Waals surface area (Å²) < 4.78 is 0. The van der Waals surface area contributed by atoms with Gasteiger partial charge in [-0.1, -0.05) is 19.3 Å². The molecule has 0 radical (unpaired) electrons. The molecule has 1 rings (SSSR count). The van der Waals surface area contributed by atoms with Crippen molar-refractivity contribution >= 4 is 17.5 Å². The average Bonchev–Trinajstić information content (AvgIpc) is 2.30. The second-order valence-electron chi connectivity index (χ2n) is 4.90. The molecular formula is C13H24ClNO. The lowest BCUT2D eigenvalue weighted by Crippen LogP contribution is -2.38. The fourth-order valence-corrected chi connectivity index (χ4v) is 2.65. The number of amides is 1. The molecule has 0 spiro atoms. The molecule has 1 fully saturated rings. The lowest BCUT2D eigenvalue weighted by molar-refractivity contribution is -0.122. The number of carbonyl (C=O) groups is 1. The first kappa shape index (κ1) is 13.8. The van der Waals surface area contributed by atoms with Gasteiger partial charge in [0.05, 0.1) is 0 Å². The molecule has 0 aliphatic heterocycles. The van der Waals surface area contributed by atoms with Crippen LogP contribution in [-0.2, 0) is 4.79 Å². The summed E-state index contributed by atoms with van der Waals surface area (Å²) >= 11 is 5.58. The third-order valence-electron chi connectivity index (χ3n) is 3.53. The Balaban J connectivity index is 2.16. The Morgan fingerprint density at radius 2 is 2.00 bits per heavy atom. The van der Waals surface area contributed by atoms with Gasteiger partial charge in [-0.05, 0) is 38.5 Å². The molecule has 16 heavy (non-hydrogen) atoms. The molecule has 0 bridgehead atoms. The minimum absolute atomic E-state index is 0.197. The molecule has 1 N–H and O–H groups in total. The summed E-state index contributed by atoms with van der Waals surface area (Å²) in [6, 6.07) is 0.351. The molecule has 1 saturated carbocycles. The van der Waals surface area contributed by atoms with Crippen molar-refractivity contribution in [1.82, 2.24) is 5.32 Å². The normalized spacial score (nSPS) is 19.4. The number of halogens is 1. The van der Waals surface area contributed by atoms with Gasteiger partial charge in [-0.3, -0.25) is 4.79 Å². The number of rotatable bonds is 6. The monoisotopic (exact) mass is 245 g/mol. The van der Waals surface area contributed by atoms with Crippen molar-refractivity contribution in [2.24, 2.45) is 5.92 Å². The maximum absolute atomic E-state index is 11.6. The fourth-order valence-electron chi connectivity index (χ4n) is 2.46. The van der Waals surface area contributed by atoms with E-state index in [0.29, 0.717) is 24.3 Å². The lowest BCUT2D eigenvalue weighted by Gasteiger charge is -2.28. The molecule has 1 aliphatic carbocycles. The highest BCUT2D eigenvalue weighted by molar-refractivity contribution is 6.17. The molecule has 0 saturated heterocycles. The number of carbonyl (C=O) groups excluding carboxylic acids is 1. The third kappa shape index (κ3) is 5.20. The quantitative estimate of drug-likeness (QED) is 0.563. The summed E-state index contributed by atoms with van der Waals surface area (Å²) in [7, 11) is 0. The highest BCUT2D eigenvalue weighted by atomic mass is 35.5. The summed E-state index contributed by atoms with van der Waals surface area (Å²) in [5.74, 6) is 1.56. The fraction of sp³-hybridized carbons (Fsp3) is 0.923. The van der Waals surface area contributed by atoms with Crippen molar-refractivity contribution < 1.29 is 4.79 Å². The molecular weight excluding hydrogens is 222 g/mol. The predicted molar refractivity (Wildman–Crippen MR) is 68.8 cm³/mol. The summed E-state index contributed by atoms with van der Waals surface area (Å²) in [6.07, 6.45) is 9.07. The number of unbranched alkanes of at least 4 members (excludes halogenated alkanes) is 1. The van der Waals surface area contributed by atoms with E-state index >= 15 is 0 Å². The predicted octanol–water partition coefficient (Wildman–Crippen LogP) is 3.48. The highest BCUT2D eigenvalue weighted by Crippen LogP contribution is 2.26. The van der Waals surface area contributed by atoms with Crippen LogP contribution in [0.4, 0.5) is 0 Å². The van der Waals surface area contributed by atoms with E-state index in [0.717, 1.165) is 12.8 Å². The Kier molecular flexibility index (Phi) is 6.86. The summed E-state index contributed by atoms with van der Waals surface area (Å²) in [5.41, 5.74) is 0. The van der Waals surface area contributed by atoms with Crippen LogP contribution >= 0.6 is 11.6 Å². The van der Waals surface area contributed by atoms with E-state index in [1.165, 1.54) is 32.1 Å². The van der Waals surface area contributed by atoms with Gasteiger partial charge < -0.3 is 5.32 Å². The minimum atomic E-state index is 0.197. The molecule has 1 aliphatic rings. The lowest BCUT2D eigenvalue weighted by atomic mass is 9.84. The molecule has 0 aromatic rings. The maximum Gasteiger partial charge on any atom is 0.220 e. The first-order valence-electron chi connectivity index (χ1n) is 6.59. The van der Waals surface area contributed by atoms with Crippen molar-refractivity contribution in [3.63, 3.8) is 0 Å². The van der Waals surface area contributed by atoms with Gasteiger partial charge in [0.15, 0.2) is 0 Å². The summed E-state index contributed by atoms with van der Waals surface area (Å²) in [6.45, 7) is 2.15. The van der Waals surface area contributed by atoms with Crippen molar-refractivity contribution in [2.75, 3.05) is 5.88 Å². The first-order valence-corrected chi connectivity index (χ1v) is 7.13. The van der Waals surface area contributed by atoms with Crippen LogP contribution in [0.3, 0.4) is 0 Å². The second-order valence-corrected chi connectivity index (χ2v) is 5.28. The van der Waals surface area contributed by atoms with Crippen LogP contribution < -0.4 is 5.32 Å². The number of hydrogen-bond acceptors (Lipinski definition) is 1. The number of alkyl halides is 1. The molecule has 0 aromatic carbocycles. The van der Waals surface area contributed by atoms with Gasteiger partial charge in [0.25, 0.3) is 0 Å². The zero-order chi connectivity index (χ0) is 11.8. The molecule has 94 valence electrons. The minimum Gasteiger partial charge on any atom is -0.353 e. The highest BCUT2D eigenvalue weighted by Gasteiger charge is 2.20. The van der Waals surface area contributed by atoms with Crippen LogP contribution in [0.1, 0.15) is 58.3 Å². The van der Waals surface area contributed by atoms with E-state index in [1.54, 1.807) is 0 Å². The van der Waals surface area contributed by atoms with Gasteiger partial charge in [0.2, 0.25) is 5.91 Å². The SMILES string of the molecule is C[C@@H](NC(=O)CCCCCl)C1CCCCC1. The number of nitrogens with one attached hydrogen (secondary N) is 1. The van der Waals surface area contributed by atoms with E-state index < -0.39 is 0 Å².